The molecule has 1 unspecified atom stereocenters. The van der Waals surface area contributed by atoms with E-state index in [0.29, 0.717) is 19.3 Å². The first kappa shape index (κ1) is 79.3. The largest absolute Gasteiger partial charge is 0.462 e. The summed E-state index contributed by atoms with van der Waals surface area (Å²) in [4.78, 5) is 38.4. The molecule has 0 bridgehead atoms. The SMILES string of the molecule is CC/C=C\C/C=C\C/C=C\C/C=C\C/C=C\C/C=C\CCC(=O)OC(COC(=O)CCCCCCCCC/C=C\C/C=C\CCCCC)COC(=O)CCCCCCCCCCCCCCCCCCCCCCCCCCCCCCC. The zero-order valence-corrected chi connectivity index (χ0v) is 54.9. The maximum absolute atomic E-state index is 12.9. The third kappa shape index (κ3) is 69.0. The fraction of sp³-hybridized carbons (Fsp3) is 0.753. The quantitative estimate of drug-likeness (QED) is 0.0261. The van der Waals surface area contributed by atoms with Crippen molar-refractivity contribution < 1.29 is 28.6 Å². The van der Waals surface area contributed by atoms with Crippen molar-refractivity contribution in [2.45, 2.75) is 361 Å². The van der Waals surface area contributed by atoms with Crippen molar-refractivity contribution in [3.8, 4) is 0 Å². The normalized spacial score (nSPS) is 12.7. The minimum absolute atomic E-state index is 0.108. The molecule has 6 nitrogen and oxygen atoms in total. The lowest BCUT2D eigenvalue weighted by Gasteiger charge is -2.18. The molecule has 0 saturated carbocycles. The van der Waals surface area contributed by atoms with Crippen molar-refractivity contribution in [2.75, 3.05) is 13.2 Å². The molecule has 1 atom stereocenters. The molecular formula is C77H134O6. The molecule has 0 aliphatic rings. The molecule has 0 heterocycles. The molecule has 0 aromatic carbocycles. The Hall–Kier alpha value is -3.67. The van der Waals surface area contributed by atoms with Gasteiger partial charge in [-0.05, 0) is 89.9 Å². The molecule has 0 fully saturated rings. The summed E-state index contributed by atoms with van der Waals surface area (Å²) in [6, 6.07) is 0. The van der Waals surface area contributed by atoms with Crippen LogP contribution in [0.25, 0.3) is 0 Å². The molecule has 0 N–H and O–H groups in total. The van der Waals surface area contributed by atoms with E-state index >= 15 is 0 Å². The summed E-state index contributed by atoms with van der Waals surface area (Å²) in [6.45, 7) is 6.48. The molecule has 478 valence electrons. The Morgan fingerprint density at radius 3 is 0.807 bits per heavy atom. The predicted molar refractivity (Wildman–Crippen MR) is 362 cm³/mol. The number of ether oxygens (including phenoxy) is 3. The van der Waals surface area contributed by atoms with Gasteiger partial charge >= 0.3 is 17.9 Å². The molecule has 0 radical (unpaired) electrons. The third-order valence-corrected chi connectivity index (χ3v) is 15.6. The lowest BCUT2D eigenvalue weighted by Crippen LogP contribution is -2.30. The molecule has 83 heavy (non-hydrogen) atoms. The van der Waals surface area contributed by atoms with Crippen LogP contribution in [-0.4, -0.2) is 37.2 Å². The summed E-state index contributed by atoms with van der Waals surface area (Å²) in [6.07, 6.45) is 96.0. The summed E-state index contributed by atoms with van der Waals surface area (Å²) in [7, 11) is 0. The number of carbonyl (C=O) groups is 3. The van der Waals surface area contributed by atoms with Gasteiger partial charge in [0.15, 0.2) is 6.10 Å². The number of unbranched alkanes of at least 4 members (excludes halogenated alkanes) is 38. The summed E-state index contributed by atoms with van der Waals surface area (Å²) >= 11 is 0. The first-order valence-electron chi connectivity index (χ1n) is 35.7. The topological polar surface area (TPSA) is 78.9 Å². The van der Waals surface area contributed by atoms with Crippen molar-refractivity contribution in [3.05, 3.63) is 97.2 Å². The highest BCUT2D eigenvalue weighted by Gasteiger charge is 2.19. The molecule has 0 saturated heterocycles. The van der Waals surface area contributed by atoms with Gasteiger partial charge in [0.05, 0.1) is 0 Å². The van der Waals surface area contributed by atoms with Gasteiger partial charge in [-0.15, -0.1) is 0 Å². The van der Waals surface area contributed by atoms with Crippen LogP contribution in [0.4, 0.5) is 0 Å². The monoisotopic (exact) mass is 1160 g/mol. The van der Waals surface area contributed by atoms with Crippen molar-refractivity contribution in [1.82, 2.24) is 0 Å². The molecule has 6 heteroatoms. The highest BCUT2D eigenvalue weighted by Crippen LogP contribution is 2.18. The molecule has 0 aliphatic heterocycles. The van der Waals surface area contributed by atoms with E-state index in [1.165, 1.54) is 218 Å². The highest BCUT2D eigenvalue weighted by atomic mass is 16.6. The number of rotatable bonds is 65. The average molecular weight is 1160 g/mol. The lowest BCUT2D eigenvalue weighted by molar-refractivity contribution is -0.166. The van der Waals surface area contributed by atoms with Crippen LogP contribution in [0.15, 0.2) is 97.2 Å². The van der Waals surface area contributed by atoms with Crippen LogP contribution >= 0.6 is 0 Å². The average Bonchev–Trinajstić information content (AvgIpc) is 3.49. The Labute approximate surface area is 515 Å². The standard InChI is InChI=1S/C77H134O6/c1-4-7-10-13-16-19-22-25-28-31-33-34-35-36-37-38-39-40-41-42-44-46-49-52-55-58-61-64-67-70-76(79)82-73-74(72-81-75(78)69-66-63-60-57-54-51-48-45-30-27-24-21-18-15-12-9-6-3)83-77(80)71-68-65-62-59-56-53-50-47-43-32-29-26-23-20-17-14-11-8-5-2/h8,11,17-18,20-21,26-27,29-30,43,47,53,56,62,65,74H,4-7,9-10,12-16,19,22-25,28,31-42,44-46,48-52,54-55,57-61,63-64,66-73H2,1-3H3/b11-8-,20-17-,21-18-,29-26-,30-27-,47-43-,56-53-,65-62-. The third-order valence-electron chi connectivity index (χ3n) is 15.6. The van der Waals surface area contributed by atoms with E-state index in [4.69, 9.17) is 14.2 Å². The number of esters is 3. The molecule has 0 amide bonds. The number of hydrogen-bond acceptors (Lipinski definition) is 6. The molecule has 0 aromatic heterocycles. The summed E-state index contributed by atoms with van der Waals surface area (Å²) in [5, 5.41) is 0. The fourth-order valence-corrected chi connectivity index (χ4v) is 10.3. The summed E-state index contributed by atoms with van der Waals surface area (Å²) in [5.74, 6) is -0.986. The summed E-state index contributed by atoms with van der Waals surface area (Å²) < 4.78 is 16.9. The van der Waals surface area contributed by atoms with E-state index in [0.717, 1.165) is 89.9 Å². The van der Waals surface area contributed by atoms with E-state index in [2.05, 4.69) is 112 Å². The van der Waals surface area contributed by atoms with E-state index in [9.17, 15) is 14.4 Å². The second-order valence-corrected chi connectivity index (χ2v) is 23.8. The molecule has 0 aromatic rings. The van der Waals surface area contributed by atoms with Crippen LogP contribution in [0.3, 0.4) is 0 Å². The first-order valence-corrected chi connectivity index (χ1v) is 35.7. The fourth-order valence-electron chi connectivity index (χ4n) is 10.3. The first-order chi connectivity index (χ1) is 41.0. The van der Waals surface area contributed by atoms with Crippen molar-refractivity contribution >= 4 is 17.9 Å². The molecule has 0 spiro atoms. The van der Waals surface area contributed by atoms with Crippen LogP contribution in [-0.2, 0) is 28.6 Å². The Balaban J connectivity index is 4.34. The number of allylic oxidation sites excluding steroid dienone is 16. The number of carbonyl (C=O) groups excluding carboxylic acids is 3. The van der Waals surface area contributed by atoms with Gasteiger partial charge in [0.1, 0.15) is 13.2 Å². The Bertz CT molecular complexity index is 1610. The Kier molecular flexibility index (Phi) is 67.7. The second-order valence-electron chi connectivity index (χ2n) is 23.8. The van der Waals surface area contributed by atoms with Gasteiger partial charge in [0.25, 0.3) is 0 Å². The van der Waals surface area contributed by atoms with Crippen LogP contribution in [0.2, 0.25) is 0 Å². The zero-order chi connectivity index (χ0) is 59.9. The number of hydrogen-bond donors (Lipinski definition) is 0. The summed E-state index contributed by atoms with van der Waals surface area (Å²) in [5.41, 5.74) is 0. The molecule has 0 rings (SSSR count). The van der Waals surface area contributed by atoms with Crippen molar-refractivity contribution in [2.24, 2.45) is 0 Å². The smallest absolute Gasteiger partial charge is 0.306 e. The van der Waals surface area contributed by atoms with Gasteiger partial charge in [0, 0.05) is 19.3 Å². The second kappa shape index (κ2) is 70.8. The van der Waals surface area contributed by atoms with Crippen LogP contribution < -0.4 is 0 Å². The van der Waals surface area contributed by atoms with Gasteiger partial charge in [0.2, 0.25) is 0 Å². The van der Waals surface area contributed by atoms with E-state index in [1.807, 2.05) is 6.08 Å². The highest BCUT2D eigenvalue weighted by molar-refractivity contribution is 5.71. The van der Waals surface area contributed by atoms with Crippen LogP contribution in [0.5, 0.6) is 0 Å². The Morgan fingerprint density at radius 1 is 0.253 bits per heavy atom. The van der Waals surface area contributed by atoms with Gasteiger partial charge in [-0.1, -0.05) is 343 Å². The van der Waals surface area contributed by atoms with Gasteiger partial charge in [-0.3, -0.25) is 14.4 Å². The van der Waals surface area contributed by atoms with Crippen molar-refractivity contribution in [1.29, 1.82) is 0 Å². The van der Waals surface area contributed by atoms with Gasteiger partial charge in [-0.2, -0.15) is 0 Å². The maximum Gasteiger partial charge on any atom is 0.306 e. The van der Waals surface area contributed by atoms with Crippen molar-refractivity contribution in [3.63, 3.8) is 0 Å². The van der Waals surface area contributed by atoms with E-state index in [-0.39, 0.29) is 37.5 Å². The van der Waals surface area contributed by atoms with E-state index in [1.54, 1.807) is 0 Å². The van der Waals surface area contributed by atoms with Gasteiger partial charge < -0.3 is 14.2 Å². The van der Waals surface area contributed by atoms with Crippen LogP contribution in [0.1, 0.15) is 355 Å². The van der Waals surface area contributed by atoms with Crippen LogP contribution in [0, 0.1) is 0 Å². The predicted octanol–water partition coefficient (Wildman–Crippen LogP) is 24.8. The van der Waals surface area contributed by atoms with E-state index < -0.39 is 6.10 Å². The maximum atomic E-state index is 12.9. The minimum Gasteiger partial charge on any atom is -0.462 e. The minimum atomic E-state index is -0.823. The molecule has 0 aliphatic carbocycles. The lowest BCUT2D eigenvalue weighted by atomic mass is 10.0. The zero-order valence-electron chi connectivity index (χ0n) is 54.9. The molecular weight excluding hydrogens is 1020 g/mol. The Morgan fingerprint density at radius 2 is 0.494 bits per heavy atom. The van der Waals surface area contributed by atoms with Gasteiger partial charge in [-0.25, -0.2) is 0 Å².